The molecule has 2 unspecified atom stereocenters. The third-order valence-electron chi connectivity index (χ3n) is 10.2. The second kappa shape index (κ2) is 14.8. The Bertz CT molecular complexity index is 1380. The van der Waals surface area contributed by atoms with Gasteiger partial charge < -0.3 is 24.5 Å². The molecule has 3 fully saturated rings. The summed E-state index contributed by atoms with van der Waals surface area (Å²) in [6, 6.07) is 18.8. The van der Waals surface area contributed by atoms with Gasteiger partial charge in [0.1, 0.15) is 11.6 Å². The van der Waals surface area contributed by atoms with E-state index in [9.17, 15) is 19.5 Å². The van der Waals surface area contributed by atoms with E-state index in [-0.39, 0.29) is 24.3 Å². The molecule has 1 N–H and O–H groups in total. The van der Waals surface area contributed by atoms with Gasteiger partial charge in [-0.2, -0.15) is 0 Å². The maximum absolute atomic E-state index is 14.8. The van der Waals surface area contributed by atoms with Crippen molar-refractivity contribution in [1.29, 1.82) is 0 Å². The lowest BCUT2D eigenvalue weighted by Gasteiger charge is -2.37. The molecule has 0 radical (unpaired) electrons. The van der Waals surface area contributed by atoms with E-state index in [0.29, 0.717) is 64.8 Å². The van der Waals surface area contributed by atoms with Gasteiger partial charge in [0.25, 0.3) is 0 Å². The van der Waals surface area contributed by atoms with Gasteiger partial charge >= 0.3 is 0 Å². The molecule has 2 aromatic carbocycles. The van der Waals surface area contributed by atoms with Crippen molar-refractivity contribution in [3.05, 3.63) is 97.1 Å². The first kappa shape index (κ1) is 33.6. The standard InChI is InChI=1S/C38H49N3O5/c1-4-23-39(27-29-17-11-9-12-18-29)34(43)31-32-35(44)41(25-15-7-8-16-26-42)33(38(32)22-21-37(31,6-3)46-38)36(45)40(24-5-2)28-30-19-13-10-14-20-30/h4-5,9-14,17-20,31-33,42H,1-2,6-8,15-16,21-28H2,3H3/t31-,32+,33?,37+,38?/m1/s1. The van der Waals surface area contributed by atoms with Gasteiger partial charge in [0.2, 0.25) is 17.7 Å². The number of carbonyl (C=O) groups is 3. The average molecular weight is 628 g/mol. The molecule has 46 heavy (non-hydrogen) atoms. The lowest BCUT2D eigenvalue weighted by molar-refractivity contribution is -0.155. The number of ether oxygens (including phenoxy) is 1. The van der Waals surface area contributed by atoms with Crippen LogP contribution in [-0.2, 0) is 32.2 Å². The molecule has 3 amide bonds. The lowest BCUT2D eigenvalue weighted by atomic mass is 9.64. The molecule has 1 spiro atoms. The summed E-state index contributed by atoms with van der Waals surface area (Å²) >= 11 is 0. The predicted octanol–water partition coefficient (Wildman–Crippen LogP) is 5.12. The number of likely N-dealkylation sites (tertiary alicyclic amines) is 1. The lowest BCUT2D eigenvalue weighted by Crippen LogP contribution is -2.56. The Morgan fingerprint density at radius 3 is 2.00 bits per heavy atom. The Kier molecular flexibility index (Phi) is 10.8. The number of carbonyl (C=O) groups excluding carboxylic acids is 3. The maximum Gasteiger partial charge on any atom is 0.248 e. The van der Waals surface area contributed by atoms with E-state index >= 15 is 0 Å². The second-order valence-electron chi connectivity index (χ2n) is 13.0. The molecular formula is C38H49N3O5. The number of aliphatic hydroxyl groups is 1. The van der Waals surface area contributed by atoms with Gasteiger partial charge in [0.15, 0.2) is 0 Å². The molecule has 5 rings (SSSR count). The summed E-state index contributed by atoms with van der Waals surface area (Å²) in [5, 5.41) is 9.27. The largest absolute Gasteiger partial charge is 0.396 e. The van der Waals surface area contributed by atoms with Gasteiger partial charge in [-0.3, -0.25) is 14.4 Å². The van der Waals surface area contributed by atoms with Gasteiger partial charge in [-0.1, -0.05) is 92.6 Å². The molecule has 3 aliphatic rings. The number of unbranched alkanes of at least 4 members (excludes halogenated alkanes) is 3. The fourth-order valence-corrected chi connectivity index (χ4v) is 8.11. The van der Waals surface area contributed by atoms with Crippen LogP contribution in [0.1, 0.15) is 63.0 Å². The van der Waals surface area contributed by atoms with Crippen LogP contribution in [0.15, 0.2) is 86.0 Å². The summed E-state index contributed by atoms with van der Waals surface area (Å²) < 4.78 is 7.05. The van der Waals surface area contributed by atoms with Crippen LogP contribution in [0.3, 0.4) is 0 Å². The molecule has 0 saturated carbocycles. The molecule has 8 heteroatoms. The summed E-state index contributed by atoms with van der Waals surface area (Å²) in [7, 11) is 0. The first-order valence-electron chi connectivity index (χ1n) is 16.8. The fourth-order valence-electron chi connectivity index (χ4n) is 8.11. The van der Waals surface area contributed by atoms with Crippen LogP contribution in [0, 0.1) is 11.8 Å². The van der Waals surface area contributed by atoms with E-state index in [0.717, 1.165) is 24.0 Å². The van der Waals surface area contributed by atoms with Gasteiger partial charge in [-0.25, -0.2) is 0 Å². The van der Waals surface area contributed by atoms with Crippen LogP contribution < -0.4 is 0 Å². The van der Waals surface area contributed by atoms with E-state index in [4.69, 9.17) is 4.74 Å². The normalized spacial score (nSPS) is 26.2. The number of rotatable bonds is 17. The molecule has 8 nitrogen and oxygen atoms in total. The Balaban J connectivity index is 1.52. The van der Waals surface area contributed by atoms with Crippen molar-refractivity contribution in [3.63, 3.8) is 0 Å². The SMILES string of the molecule is C=CCN(Cc1ccccc1)C(=O)C1N(CCCCCCO)C(=O)[C@@H]2[C@H](C(=O)N(CC=C)Cc3ccccc3)[C@]3(CC)CCC12O3. The minimum absolute atomic E-state index is 0.117. The highest BCUT2D eigenvalue weighted by Crippen LogP contribution is 2.64. The minimum atomic E-state index is -1.09. The van der Waals surface area contributed by atoms with Crippen molar-refractivity contribution in [2.24, 2.45) is 11.8 Å². The van der Waals surface area contributed by atoms with Crippen LogP contribution in [0.25, 0.3) is 0 Å². The molecule has 2 aromatic rings. The van der Waals surface area contributed by atoms with E-state index in [2.05, 4.69) is 13.2 Å². The van der Waals surface area contributed by atoms with Crippen LogP contribution in [0.2, 0.25) is 0 Å². The maximum atomic E-state index is 14.8. The fraction of sp³-hybridized carbons (Fsp3) is 0.500. The van der Waals surface area contributed by atoms with Gasteiger partial charge in [-0.15, -0.1) is 13.2 Å². The Morgan fingerprint density at radius 1 is 0.891 bits per heavy atom. The van der Waals surface area contributed by atoms with Crippen molar-refractivity contribution in [2.45, 2.75) is 82.2 Å². The Hall–Kier alpha value is -3.75. The summed E-state index contributed by atoms with van der Waals surface area (Å²) in [5.74, 6) is -1.88. The summed E-state index contributed by atoms with van der Waals surface area (Å²) in [6.45, 7) is 11.8. The molecule has 5 atom stereocenters. The van der Waals surface area contributed by atoms with E-state index in [1.54, 1.807) is 26.9 Å². The van der Waals surface area contributed by atoms with Crippen molar-refractivity contribution in [2.75, 3.05) is 26.2 Å². The van der Waals surface area contributed by atoms with Gasteiger partial charge in [0, 0.05) is 39.3 Å². The van der Waals surface area contributed by atoms with Crippen LogP contribution in [-0.4, -0.2) is 81.0 Å². The number of fused-ring (bicyclic) bond motifs is 1. The molecule has 2 bridgehead atoms. The number of aliphatic hydroxyl groups excluding tert-OH is 1. The molecular weight excluding hydrogens is 578 g/mol. The molecule has 3 heterocycles. The van der Waals surface area contributed by atoms with Crippen LogP contribution in [0.4, 0.5) is 0 Å². The number of amides is 3. The minimum Gasteiger partial charge on any atom is -0.396 e. The van der Waals surface area contributed by atoms with E-state index in [1.807, 2.05) is 67.6 Å². The van der Waals surface area contributed by atoms with E-state index < -0.39 is 29.1 Å². The average Bonchev–Trinajstić information content (AvgIpc) is 3.68. The van der Waals surface area contributed by atoms with Crippen molar-refractivity contribution < 1.29 is 24.2 Å². The quantitative estimate of drug-likeness (QED) is 0.194. The highest BCUT2D eigenvalue weighted by atomic mass is 16.5. The molecule has 3 aliphatic heterocycles. The van der Waals surface area contributed by atoms with Crippen molar-refractivity contribution in [1.82, 2.24) is 14.7 Å². The second-order valence-corrected chi connectivity index (χ2v) is 13.0. The highest BCUT2D eigenvalue weighted by Gasteiger charge is 2.79. The van der Waals surface area contributed by atoms with Gasteiger partial charge in [0.05, 0.1) is 17.4 Å². The third-order valence-corrected chi connectivity index (χ3v) is 10.2. The number of benzene rings is 2. The van der Waals surface area contributed by atoms with Crippen LogP contribution >= 0.6 is 0 Å². The first-order chi connectivity index (χ1) is 22.4. The predicted molar refractivity (Wildman–Crippen MR) is 178 cm³/mol. The van der Waals surface area contributed by atoms with Crippen molar-refractivity contribution >= 4 is 17.7 Å². The molecule has 246 valence electrons. The Morgan fingerprint density at radius 2 is 1.46 bits per heavy atom. The van der Waals surface area contributed by atoms with Gasteiger partial charge in [-0.05, 0) is 43.2 Å². The highest BCUT2D eigenvalue weighted by molar-refractivity contribution is 5.99. The van der Waals surface area contributed by atoms with E-state index in [1.165, 1.54) is 0 Å². The van der Waals surface area contributed by atoms with Crippen molar-refractivity contribution in [3.8, 4) is 0 Å². The molecule has 0 aromatic heterocycles. The topological polar surface area (TPSA) is 90.4 Å². The summed E-state index contributed by atoms with van der Waals surface area (Å²) in [4.78, 5) is 49.4. The number of hydrogen-bond acceptors (Lipinski definition) is 5. The summed E-state index contributed by atoms with van der Waals surface area (Å²) in [6.07, 6.45) is 8.25. The number of hydrogen-bond donors (Lipinski definition) is 1. The summed E-state index contributed by atoms with van der Waals surface area (Å²) in [5.41, 5.74) is 0.0842. The molecule has 0 aliphatic carbocycles. The monoisotopic (exact) mass is 627 g/mol. The zero-order chi connectivity index (χ0) is 32.7. The zero-order valence-corrected chi connectivity index (χ0v) is 27.2. The smallest absolute Gasteiger partial charge is 0.248 e. The number of nitrogens with zero attached hydrogens (tertiary/aromatic N) is 3. The van der Waals surface area contributed by atoms with Crippen LogP contribution in [0.5, 0.6) is 0 Å². The molecule has 3 saturated heterocycles. The Labute approximate surface area is 273 Å². The first-order valence-corrected chi connectivity index (χ1v) is 16.8. The zero-order valence-electron chi connectivity index (χ0n) is 27.2. The third kappa shape index (κ3) is 6.29.